The first-order chi connectivity index (χ1) is 8.68. The summed E-state index contributed by atoms with van der Waals surface area (Å²) in [6, 6.07) is 13.5. The predicted molar refractivity (Wildman–Crippen MR) is 72.5 cm³/mol. The third-order valence-corrected chi connectivity index (χ3v) is 2.94. The minimum atomic E-state index is -0.187. The van der Waals surface area contributed by atoms with E-state index in [4.69, 9.17) is 0 Å². The lowest BCUT2D eigenvalue weighted by atomic mass is 10.0. The molecule has 2 aromatic rings. The summed E-state index contributed by atoms with van der Waals surface area (Å²) < 4.78 is 0. The number of aryl methyl sites for hydroxylation is 1. The summed E-state index contributed by atoms with van der Waals surface area (Å²) in [4.78, 5) is 16.3. The molecule has 1 N–H and O–H groups in total. The number of nitrogens with zero attached hydrogens (tertiary/aromatic N) is 1. The van der Waals surface area contributed by atoms with E-state index in [0.29, 0.717) is 5.82 Å². The second-order valence-electron chi connectivity index (χ2n) is 4.29. The number of carbonyl (C=O) groups is 1. The van der Waals surface area contributed by atoms with Crippen molar-refractivity contribution < 1.29 is 4.79 Å². The van der Waals surface area contributed by atoms with E-state index in [-0.39, 0.29) is 11.8 Å². The van der Waals surface area contributed by atoms with Gasteiger partial charge in [0.05, 0.1) is 5.92 Å². The van der Waals surface area contributed by atoms with E-state index in [1.165, 1.54) is 0 Å². The highest BCUT2D eigenvalue weighted by atomic mass is 16.1. The fraction of sp³-hybridized carbons (Fsp3) is 0.200. The van der Waals surface area contributed by atoms with Gasteiger partial charge in [0.15, 0.2) is 0 Å². The SMILES string of the molecule is Cc1cccnc1NC(=O)C(C)c1ccccc1. The van der Waals surface area contributed by atoms with Crippen molar-refractivity contribution in [1.29, 1.82) is 0 Å². The van der Waals surface area contributed by atoms with Gasteiger partial charge in [-0.3, -0.25) is 4.79 Å². The molecule has 0 aliphatic carbocycles. The Labute approximate surface area is 107 Å². The first-order valence-corrected chi connectivity index (χ1v) is 5.96. The summed E-state index contributed by atoms with van der Waals surface area (Å²) in [6.45, 7) is 3.82. The van der Waals surface area contributed by atoms with Crippen LogP contribution in [0.2, 0.25) is 0 Å². The van der Waals surface area contributed by atoms with Gasteiger partial charge in [-0.2, -0.15) is 0 Å². The second kappa shape index (κ2) is 5.45. The van der Waals surface area contributed by atoms with Crippen LogP contribution in [0.5, 0.6) is 0 Å². The van der Waals surface area contributed by atoms with Crippen molar-refractivity contribution in [2.45, 2.75) is 19.8 Å². The smallest absolute Gasteiger partial charge is 0.232 e. The Bertz CT molecular complexity index is 537. The highest BCUT2D eigenvalue weighted by Gasteiger charge is 2.15. The Balaban J connectivity index is 2.12. The van der Waals surface area contributed by atoms with Gasteiger partial charge in [0.1, 0.15) is 5.82 Å². The van der Waals surface area contributed by atoms with E-state index in [9.17, 15) is 4.79 Å². The molecule has 0 aliphatic heterocycles. The Morgan fingerprint density at radius 3 is 2.56 bits per heavy atom. The Morgan fingerprint density at radius 1 is 1.17 bits per heavy atom. The first kappa shape index (κ1) is 12.3. The van der Waals surface area contributed by atoms with Gasteiger partial charge < -0.3 is 5.32 Å². The topological polar surface area (TPSA) is 42.0 Å². The van der Waals surface area contributed by atoms with Crippen molar-refractivity contribution >= 4 is 11.7 Å². The maximum Gasteiger partial charge on any atom is 0.232 e. The van der Waals surface area contributed by atoms with Crippen LogP contribution < -0.4 is 5.32 Å². The number of hydrogen-bond donors (Lipinski definition) is 1. The molecule has 0 saturated carbocycles. The predicted octanol–water partition coefficient (Wildman–Crippen LogP) is 3.13. The number of hydrogen-bond acceptors (Lipinski definition) is 2. The number of aromatic nitrogens is 1. The van der Waals surface area contributed by atoms with Crippen LogP contribution in [-0.4, -0.2) is 10.9 Å². The van der Waals surface area contributed by atoms with Crippen LogP contribution >= 0.6 is 0 Å². The molecule has 1 aromatic carbocycles. The Morgan fingerprint density at radius 2 is 1.89 bits per heavy atom. The Kier molecular flexibility index (Phi) is 3.72. The number of amides is 1. The summed E-state index contributed by atoms with van der Waals surface area (Å²) in [5.41, 5.74) is 1.97. The molecule has 1 aromatic heterocycles. The molecule has 0 bridgehead atoms. The lowest BCUT2D eigenvalue weighted by Crippen LogP contribution is -2.20. The van der Waals surface area contributed by atoms with E-state index in [1.54, 1.807) is 6.20 Å². The van der Waals surface area contributed by atoms with Gasteiger partial charge in [-0.05, 0) is 31.0 Å². The molecule has 3 heteroatoms. The lowest BCUT2D eigenvalue weighted by Gasteiger charge is -2.13. The van der Waals surface area contributed by atoms with Gasteiger partial charge in [-0.15, -0.1) is 0 Å². The molecule has 2 rings (SSSR count). The summed E-state index contributed by atoms with van der Waals surface area (Å²) in [6.07, 6.45) is 1.68. The zero-order chi connectivity index (χ0) is 13.0. The number of nitrogens with one attached hydrogen (secondary N) is 1. The van der Waals surface area contributed by atoms with Crippen LogP contribution in [-0.2, 0) is 4.79 Å². The monoisotopic (exact) mass is 240 g/mol. The summed E-state index contributed by atoms with van der Waals surface area (Å²) in [5.74, 6) is 0.404. The van der Waals surface area contributed by atoms with Crippen LogP contribution in [0.1, 0.15) is 24.0 Å². The van der Waals surface area contributed by atoms with Crippen molar-refractivity contribution in [2.75, 3.05) is 5.32 Å². The lowest BCUT2D eigenvalue weighted by molar-refractivity contribution is -0.117. The molecule has 92 valence electrons. The molecule has 0 saturated heterocycles. The molecule has 1 heterocycles. The van der Waals surface area contributed by atoms with Crippen molar-refractivity contribution in [3.05, 3.63) is 59.8 Å². The third kappa shape index (κ3) is 2.74. The normalized spacial score (nSPS) is 11.9. The molecule has 0 fully saturated rings. The van der Waals surface area contributed by atoms with Gasteiger partial charge in [-0.25, -0.2) is 4.98 Å². The van der Waals surface area contributed by atoms with Crippen LogP contribution in [0.4, 0.5) is 5.82 Å². The highest BCUT2D eigenvalue weighted by Crippen LogP contribution is 2.18. The number of carbonyl (C=O) groups excluding carboxylic acids is 1. The fourth-order valence-corrected chi connectivity index (χ4v) is 1.73. The molecule has 1 amide bonds. The summed E-state index contributed by atoms with van der Waals surface area (Å²) >= 11 is 0. The minimum absolute atomic E-state index is 0.0389. The number of rotatable bonds is 3. The quantitative estimate of drug-likeness (QED) is 0.895. The van der Waals surface area contributed by atoms with E-state index in [2.05, 4.69) is 10.3 Å². The van der Waals surface area contributed by atoms with Crippen molar-refractivity contribution in [3.63, 3.8) is 0 Å². The molecular weight excluding hydrogens is 224 g/mol. The number of benzene rings is 1. The van der Waals surface area contributed by atoms with Crippen molar-refractivity contribution in [3.8, 4) is 0 Å². The molecule has 0 radical (unpaired) electrons. The summed E-state index contributed by atoms with van der Waals surface area (Å²) in [5, 5.41) is 2.86. The van der Waals surface area contributed by atoms with Gasteiger partial charge in [0.2, 0.25) is 5.91 Å². The van der Waals surface area contributed by atoms with Crippen molar-refractivity contribution in [1.82, 2.24) is 4.98 Å². The average Bonchev–Trinajstić information content (AvgIpc) is 2.41. The van der Waals surface area contributed by atoms with Crippen LogP contribution in [0.15, 0.2) is 48.7 Å². The maximum absolute atomic E-state index is 12.1. The second-order valence-corrected chi connectivity index (χ2v) is 4.29. The molecule has 0 spiro atoms. The van der Waals surface area contributed by atoms with Crippen molar-refractivity contribution in [2.24, 2.45) is 0 Å². The average molecular weight is 240 g/mol. The van der Waals surface area contributed by atoms with E-state index >= 15 is 0 Å². The highest BCUT2D eigenvalue weighted by molar-refractivity contribution is 5.95. The molecule has 3 nitrogen and oxygen atoms in total. The molecule has 1 atom stereocenters. The summed E-state index contributed by atoms with van der Waals surface area (Å²) in [7, 11) is 0. The zero-order valence-electron chi connectivity index (χ0n) is 10.6. The van der Waals surface area contributed by atoms with E-state index in [0.717, 1.165) is 11.1 Å². The van der Waals surface area contributed by atoms with E-state index < -0.39 is 0 Å². The van der Waals surface area contributed by atoms with Crippen LogP contribution in [0, 0.1) is 6.92 Å². The number of anilines is 1. The Hall–Kier alpha value is -2.16. The molecular formula is C15H16N2O. The molecule has 1 unspecified atom stereocenters. The number of pyridine rings is 1. The van der Waals surface area contributed by atoms with Gasteiger partial charge in [0, 0.05) is 6.20 Å². The molecule has 18 heavy (non-hydrogen) atoms. The maximum atomic E-state index is 12.1. The largest absolute Gasteiger partial charge is 0.310 e. The van der Waals surface area contributed by atoms with Crippen LogP contribution in [0.3, 0.4) is 0 Å². The fourth-order valence-electron chi connectivity index (χ4n) is 1.73. The minimum Gasteiger partial charge on any atom is -0.310 e. The van der Waals surface area contributed by atoms with Crippen LogP contribution in [0.25, 0.3) is 0 Å². The standard InChI is InChI=1S/C15H16N2O/c1-11-7-6-10-16-14(11)17-15(18)12(2)13-8-4-3-5-9-13/h3-10,12H,1-2H3,(H,16,17,18). The zero-order valence-corrected chi connectivity index (χ0v) is 10.6. The third-order valence-electron chi connectivity index (χ3n) is 2.94. The van der Waals surface area contributed by atoms with E-state index in [1.807, 2.05) is 56.3 Å². The molecule has 0 aliphatic rings. The van der Waals surface area contributed by atoms with Gasteiger partial charge >= 0.3 is 0 Å². The van der Waals surface area contributed by atoms with Gasteiger partial charge in [0.25, 0.3) is 0 Å². The van der Waals surface area contributed by atoms with Gasteiger partial charge in [-0.1, -0.05) is 36.4 Å². The first-order valence-electron chi connectivity index (χ1n) is 5.96.